The summed E-state index contributed by atoms with van der Waals surface area (Å²) in [5, 5.41) is 4.56. The van der Waals surface area contributed by atoms with E-state index in [1.54, 1.807) is 0 Å². The van der Waals surface area contributed by atoms with E-state index >= 15 is 0 Å². The summed E-state index contributed by atoms with van der Waals surface area (Å²) in [6, 6.07) is 0. The quantitative estimate of drug-likeness (QED) is 0.886. The molecule has 3 rings (SSSR count). The first-order valence-corrected chi connectivity index (χ1v) is 8.00. The zero-order valence-corrected chi connectivity index (χ0v) is 13.0. The molecule has 2 N–H and O–H groups in total. The smallest absolute Gasteiger partial charge is 0.202 e. The van der Waals surface area contributed by atoms with Gasteiger partial charge in [-0.2, -0.15) is 5.10 Å². The monoisotopic (exact) mass is 291 g/mol. The third kappa shape index (κ3) is 2.77. The van der Waals surface area contributed by atoms with E-state index in [0.717, 1.165) is 36.2 Å². The first-order chi connectivity index (χ1) is 10.2. The van der Waals surface area contributed by atoms with Gasteiger partial charge in [-0.15, -0.1) is 0 Å². The van der Waals surface area contributed by atoms with Crippen molar-refractivity contribution in [1.29, 1.82) is 0 Å². The third-order valence-electron chi connectivity index (χ3n) is 4.28. The largest absolute Gasteiger partial charge is 0.376 e. The Morgan fingerprint density at radius 2 is 2.10 bits per heavy atom. The number of imidazole rings is 1. The van der Waals surface area contributed by atoms with Crippen molar-refractivity contribution < 1.29 is 4.74 Å². The van der Waals surface area contributed by atoms with Crippen molar-refractivity contribution in [2.75, 3.05) is 12.3 Å². The highest BCUT2D eigenvalue weighted by atomic mass is 16.5. The van der Waals surface area contributed by atoms with E-state index in [1.807, 2.05) is 16.3 Å². The Kier molecular flexibility index (Phi) is 4.14. The topological polar surface area (TPSA) is 70.9 Å². The lowest BCUT2D eigenvalue weighted by Crippen LogP contribution is -2.15. The molecule has 2 aromatic heterocycles. The van der Waals surface area contributed by atoms with Crippen LogP contribution in [0.1, 0.15) is 44.7 Å². The average Bonchev–Trinajstić information content (AvgIpc) is 3.13. The highest BCUT2D eigenvalue weighted by molar-refractivity contribution is 5.77. The Balaban J connectivity index is 1.76. The van der Waals surface area contributed by atoms with E-state index in [4.69, 9.17) is 10.5 Å². The molecule has 1 aliphatic rings. The molecule has 2 heterocycles. The summed E-state index contributed by atoms with van der Waals surface area (Å²) in [6.45, 7) is 3.58. The molecule has 21 heavy (non-hydrogen) atoms. The van der Waals surface area contributed by atoms with Crippen molar-refractivity contribution in [2.45, 2.75) is 58.1 Å². The second kappa shape index (κ2) is 6.05. The maximum absolute atomic E-state index is 6.08. The van der Waals surface area contributed by atoms with Crippen molar-refractivity contribution in [3.8, 4) is 0 Å². The molecule has 0 atom stereocenters. The number of nitrogens with two attached hydrogens (primary N) is 1. The van der Waals surface area contributed by atoms with Crippen LogP contribution in [0.15, 0.2) is 0 Å². The van der Waals surface area contributed by atoms with Crippen LogP contribution in [0.4, 0.5) is 5.95 Å². The summed E-state index contributed by atoms with van der Waals surface area (Å²) in [6.07, 6.45) is 7.42. The van der Waals surface area contributed by atoms with Crippen LogP contribution in [-0.2, 0) is 24.8 Å². The Morgan fingerprint density at radius 3 is 2.81 bits per heavy atom. The molecule has 1 saturated carbocycles. The van der Waals surface area contributed by atoms with E-state index in [1.165, 1.54) is 25.7 Å². The molecule has 6 heteroatoms. The minimum Gasteiger partial charge on any atom is -0.376 e. The number of hydrogen-bond acceptors (Lipinski definition) is 4. The lowest BCUT2D eigenvalue weighted by Gasteiger charge is -2.12. The van der Waals surface area contributed by atoms with Gasteiger partial charge in [0.1, 0.15) is 5.52 Å². The Labute approximate surface area is 125 Å². The molecule has 1 aliphatic carbocycles. The zero-order chi connectivity index (χ0) is 14.8. The molecular weight excluding hydrogens is 266 g/mol. The Hall–Kier alpha value is -1.56. The maximum atomic E-state index is 6.08. The Morgan fingerprint density at radius 1 is 1.33 bits per heavy atom. The van der Waals surface area contributed by atoms with E-state index in [-0.39, 0.29) is 0 Å². The number of aromatic nitrogens is 4. The number of anilines is 1. The van der Waals surface area contributed by atoms with Gasteiger partial charge in [0, 0.05) is 7.05 Å². The fourth-order valence-corrected chi connectivity index (χ4v) is 3.25. The maximum Gasteiger partial charge on any atom is 0.202 e. The second-order valence-electron chi connectivity index (χ2n) is 5.89. The van der Waals surface area contributed by atoms with Crippen molar-refractivity contribution >= 4 is 17.1 Å². The molecule has 0 unspecified atom stereocenters. The summed E-state index contributed by atoms with van der Waals surface area (Å²) in [5.41, 5.74) is 9.07. The Bertz CT molecular complexity index is 609. The van der Waals surface area contributed by atoms with Gasteiger partial charge in [0.25, 0.3) is 0 Å². The van der Waals surface area contributed by atoms with Gasteiger partial charge in [-0.05, 0) is 19.3 Å². The van der Waals surface area contributed by atoms with E-state index in [9.17, 15) is 0 Å². The van der Waals surface area contributed by atoms with Crippen LogP contribution in [0.25, 0.3) is 11.2 Å². The van der Waals surface area contributed by atoms with Crippen LogP contribution in [0.3, 0.4) is 0 Å². The predicted molar refractivity (Wildman–Crippen MR) is 83.1 cm³/mol. The highest BCUT2D eigenvalue weighted by Crippen LogP contribution is 2.23. The number of nitrogen functional groups attached to an aromatic ring is 1. The number of rotatable bonds is 6. The van der Waals surface area contributed by atoms with Crippen LogP contribution in [0.5, 0.6) is 0 Å². The summed E-state index contributed by atoms with van der Waals surface area (Å²) in [4.78, 5) is 4.50. The van der Waals surface area contributed by atoms with E-state index < -0.39 is 0 Å². The standard InChI is InChI=1S/C15H25N5O/c1-3-6-12-13-14(19(2)18-12)20(15(16)17-13)9-10-21-11-7-4-5-8-11/h11H,3-10H2,1-2H3,(H2,16,17). The molecule has 0 radical (unpaired) electrons. The van der Waals surface area contributed by atoms with Crippen LogP contribution in [0, 0.1) is 0 Å². The summed E-state index contributed by atoms with van der Waals surface area (Å²) in [7, 11) is 1.96. The van der Waals surface area contributed by atoms with Gasteiger partial charge in [-0.25, -0.2) is 4.98 Å². The molecule has 0 amide bonds. The lowest BCUT2D eigenvalue weighted by molar-refractivity contribution is 0.0536. The second-order valence-corrected chi connectivity index (χ2v) is 5.89. The van der Waals surface area contributed by atoms with Gasteiger partial charge in [0.15, 0.2) is 5.65 Å². The molecule has 1 fully saturated rings. The van der Waals surface area contributed by atoms with Gasteiger partial charge < -0.3 is 10.5 Å². The molecule has 2 aromatic rings. The first-order valence-electron chi connectivity index (χ1n) is 8.00. The zero-order valence-electron chi connectivity index (χ0n) is 13.0. The molecular formula is C15H25N5O. The molecule has 0 spiro atoms. The normalized spacial score (nSPS) is 16.3. The number of aryl methyl sites for hydroxylation is 2. The highest BCUT2D eigenvalue weighted by Gasteiger charge is 2.19. The molecule has 0 aromatic carbocycles. The molecule has 0 aliphatic heterocycles. The van der Waals surface area contributed by atoms with Crippen molar-refractivity contribution in [3.05, 3.63) is 5.69 Å². The van der Waals surface area contributed by atoms with Crippen molar-refractivity contribution in [3.63, 3.8) is 0 Å². The van der Waals surface area contributed by atoms with Crippen LogP contribution in [-0.4, -0.2) is 32.0 Å². The number of nitrogens with zero attached hydrogens (tertiary/aromatic N) is 4. The summed E-state index contributed by atoms with van der Waals surface area (Å²) < 4.78 is 9.85. The minimum atomic E-state index is 0.437. The van der Waals surface area contributed by atoms with Gasteiger partial charge in [0.05, 0.1) is 24.9 Å². The van der Waals surface area contributed by atoms with Gasteiger partial charge in [-0.3, -0.25) is 9.25 Å². The molecule has 0 saturated heterocycles. The van der Waals surface area contributed by atoms with Crippen molar-refractivity contribution in [1.82, 2.24) is 19.3 Å². The number of ether oxygens (including phenoxy) is 1. The van der Waals surface area contributed by atoms with Gasteiger partial charge in [-0.1, -0.05) is 26.2 Å². The van der Waals surface area contributed by atoms with Crippen molar-refractivity contribution in [2.24, 2.45) is 7.05 Å². The lowest BCUT2D eigenvalue weighted by atomic mass is 10.2. The average molecular weight is 291 g/mol. The predicted octanol–water partition coefficient (Wildman–Crippen LogP) is 2.26. The van der Waals surface area contributed by atoms with E-state index in [0.29, 0.717) is 18.7 Å². The SMILES string of the molecule is CCCc1nn(C)c2c1nc(N)n2CCOC1CCCC1. The fourth-order valence-electron chi connectivity index (χ4n) is 3.25. The summed E-state index contributed by atoms with van der Waals surface area (Å²) >= 11 is 0. The molecule has 6 nitrogen and oxygen atoms in total. The van der Waals surface area contributed by atoms with Crippen LogP contribution >= 0.6 is 0 Å². The first kappa shape index (κ1) is 14.4. The van der Waals surface area contributed by atoms with Gasteiger partial charge >= 0.3 is 0 Å². The molecule has 116 valence electrons. The summed E-state index contributed by atoms with van der Waals surface area (Å²) in [5.74, 6) is 0.561. The van der Waals surface area contributed by atoms with E-state index in [2.05, 4.69) is 17.0 Å². The third-order valence-corrected chi connectivity index (χ3v) is 4.28. The molecule has 0 bridgehead atoms. The van der Waals surface area contributed by atoms with Crippen LogP contribution < -0.4 is 5.73 Å². The minimum absolute atomic E-state index is 0.437. The van der Waals surface area contributed by atoms with Crippen LogP contribution in [0.2, 0.25) is 0 Å². The fraction of sp³-hybridized carbons (Fsp3) is 0.733. The van der Waals surface area contributed by atoms with Gasteiger partial charge in [0.2, 0.25) is 5.95 Å². The number of fused-ring (bicyclic) bond motifs is 1. The number of hydrogen-bond donors (Lipinski definition) is 1.